The lowest BCUT2D eigenvalue weighted by Gasteiger charge is -2.03. The SMILES string of the molecule is CCCc1nc(-c2ccc(N)cc2Cl)n(C)n1. The molecule has 0 amide bonds. The van der Waals surface area contributed by atoms with Gasteiger partial charge in [-0.2, -0.15) is 5.10 Å². The lowest BCUT2D eigenvalue weighted by molar-refractivity contribution is 0.737. The van der Waals surface area contributed by atoms with Crippen molar-refractivity contribution in [3.05, 3.63) is 29.0 Å². The Morgan fingerprint density at radius 2 is 2.18 bits per heavy atom. The number of aromatic nitrogens is 3. The number of rotatable bonds is 3. The van der Waals surface area contributed by atoms with E-state index in [4.69, 9.17) is 17.3 Å². The number of nitrogens with zero attached hydrogens (tertiary/aromatic N) is 3. The van der Waals surface area contributed by atoms with E-state index in [-0.39, 0.29) is 0 Å². The van der Waals surface area contributed by atoms with Crippen LogP contribution < -0.4 is 5.73 Å². The van der Waals surface area contributed by atoms with Gasteiger partial charge in [0.1, 0.15) is 0 Å². The van der Waals surface area contributed by atoms with Gasteiger partial charge in [-0.25, -0.2) is 9.67 Å². The molecule has 1 heterocycles. The Hall–Kier alpha value is -1.55. The molecule has 2 aromatic rings. The summed E-state index contributed by atoms with van der Waals surface area (Å²) in [6, 6.07) is 5.41. The molecule has 0 bridgehead atoms. The fourth-order valence-corrected chi connectivity index (χ4v) is 1.99. The molecule has 0 aliphatic heterocycles. The molecule has 0 spiro atoms. The van der Waals surface area contributed by atoms with Gasteiger partial charge < -0.3 is 5.73 Å². The summed E-state index contributed by atoms with van der Waals surface area (Å²) in [4.78, 5) is 4.49. The summed E-state index contributed by atoms with van der Waals surface area (Å²) in [6.07, 6.45) is 1.90. The summed E-state index contributed by atoms with van der Waals surface area (Å²) < 4.78 is 1.75. The van der Waals surface area contributed by atoms with Crippen LogP contribution in [0.15, 0.2) is 18.2 Å². The molecule has 0 aliphatic carbocycles. The van der Waals surface area contributed by atoms with Crippen molar-refractivity contribution in [1.82, 2.24) is 14.8 Å². The Balaban J connectivity index is 2.45. The van der Waals surface area contributed by atoms with E-state index in [1.54, 1.807) is 10.7 Å². The van der Waals surface area contributed by atoms with Crippen LogP contribution in [0.2, 0.25) is 5.02 Å². The van der Waals surface area contributed by atoms with Gasteiger partial charge in [0, 0.05) is 24.7 Å². The molecule has 2 N–H and O–H groups in total. The molecule has 0 unspecified atom stereocenters. The number of benzene rings is 1. The van der Waals surface area contributed by atoms with Gasteiger partial charge in [0.05, 0.1) is 5.02 Å². The molecular formula is C12H15ClN4. The van der Waals surface area contributed by atoms with Crippen LogP contribution in [0.5, 0.6) is 0 Å². The second-order valence-electron chi connectivity index (χ2n) is 3.96. The van der Waals surface area contributed by atoms with Gasteiger partial charge in [-0.15, -0.1) is 0 Å². The van der Waals surface area contributed by atoms with Crippen molar-refractivity contribution in [1.29, 1.82) is 0 Å². The quantitative estimate of drug-likeness (QED) is 0.852. The van der Waals surface area contributed by atoms with E-state index < -0.39 is 0 Å². The Labute approximate surface area is 105 Å². The van der Waals surface area contributed by atoms with Crippen LogP contribution in [0.4, 0.5) is 5.69 Å². The first-order valence-corrected chi connectivity index (χ1v) is 5.95. The van der Waals surface area contributed by atoms with Gasteiger partial charge in [-0.05, 0) is 24.6 Å². The highest BCUT2D eigenvalue weighted by Gasteiger charge is 2.12. The lowest BCUT2D eigenvalue weighted by atomic mass is 10.2. The van der Waals surface area contributed by atoms with E-state index in [1.165, 1.54) is 0 Å². The Morgan fingerprint density at radius 3 is 2.82 bits per heavy atom. The minimum Gasteiger partial charge on any atom is -0.399 e. The van der Waals surface area contributed by atoms with E-state index in [2.05, 4.69) is 17.0 Å². The largest absolute Gasteiger partial charge is 0.399 e. The summed E-state index contributed by atoms with van der Waals surface area (Å²) in [7, 11) is 1.87. The first-order chi connectivity index (χ1) is 8.11. The predicted molar refractivity (Wildman–Crippen MR) is 69.9 cm³/mol. The minimum atomic E-state index is 0.601. The third-order valence-electron chi connectivity index (χ3n) is 2.51. The molecule has 90 valence electrons. The van der Waals surface area contributed by atoms with Gasteiger partial charge >= 0.3 is 0 Å². The minimum absolute atomic E-state index is 0.601. The van der Waals surface area contributed by atoms with Gasteiger partial charge in [0.25, 0.3) is 0 Å². The average Bonchev–Trinajstić information content (AvgIpc) is 2.60. The fourth-order valence-electron chi connectivity index (χ4n) is 1.71. The molecular weight excluding hydrogens is 236 g/mol. The third kappa shape index (κ3) is 2.42. The van der Waals surface area contributed by atoms with Crippen LogP contribution in [-0.4, -0.2) is 14.8 Å². The molecule has 0 aliphatic rings. The maximum absolute atomic E-state index is 6.16. The number of aryl methyl sites for hydroxylation is 2. The summed E-state index contributed by atoms with van der Waals surface area (Å²) in [6.45, 7) is 2.10. The molecule has 1 aromatic carbocycles. The second-order valence-corrected chi connectivity index (χ2v) is 4.37. The van der Waals surface area contributed by atoms with Gasteiger partial charge in [0.15, 0.2) is 11.6 Å². The Morgan fingerprint density at radius 1 is 1.41 bits per heavy atom. The standard InChI is InChI=1S/C12H15ClN4/c1-3-4-11-15-12(17(2)16-11)9-6-5-8(14)7-10(9)13/h5-7H,3-4,14H2,1-2H3. The molecule has 0 fully saturated rings. The van der Waals surface area contributed by atoms with Crippen LogP contribution >= 0.6 is 11.6 Å². The van der Waals surface area contributed by atoms with Gasteiger partial charge in [-0.1, -0.05) is 18.5 Å². The van der Waals surface area contributed by atoms with Crippen LogP contribution in [0.3, 0.4) is 0 Å². The highest BCUT2D eigenvalue weighted by Crippen LogP contribution is 2.28. The molecule has 2 rings (SSSR count). The van der Waals surface area contributed by atoms with E-state index in [0.717, 1.165) is 30.1 Å². The Bertz CT molecular complexity index is 533. The molecule has 4 nitrogen and oxygen atoms in total. The zero-order chi connectivity index (χ0) is 12.4. The van der Waals surface area contributed by atoms with Crippen LogP contribution in [0, 0.1) is 0 Å². The van der Waals surface area contributed by atoms with Crippen molar-refractivity contribution in [3.63, 3.8) is 0 Å². The van der Waals surface area contributed by atoms with Crippen molar-refractivity contribution >= 4 is 17.3 Å². The molecule has 1 aromatic heterocycles. The average molecular weight is 251 g/mol. The lowest BCUT2D eigenvalue weighted by Crippen LogP contribution is -1.96. The first kappa shape index (κ1) is 11.9. The summed E-state index contributed by atoms with van der Waals surface area (Å²) >= 11 is 6.16. The topological polar surface area (TPSA) is 56.7 Å². The van der Waals surface area contributed by atoms with Crippen molar-refractivity contribution in [2.45, 2.75) is 19.8 Å². The van der Waals surface area contributed by atoms with Crippen molar-refractivity contribution in [2.24, 2.45) is 7.05 Å². The smallest absolute Gasteiger partial charge is 0.159 e. The van der Waals surface area contributed by atoms with Gasteiger partial charge in [0.2, 0.25) is 0 Å². The number of halogens is 1. The summed E-state index contributed by atoms with van der Waals surface area (Å²) in [5.74, 6) is 1.62. The number of anilines is 1. The molecule has 0 saturated heterocycles. The monoisotopic (exact) mass is 250 g/mol. The second kappa shape index (κ2) is 4.75. The summed E-state index contributed by atoms with van der Waals surface area (Å²) in [5.41, 5.74) is 7.18. The fraction of sp³-hybridized carbons (Fsp3) is 0.333. The maximum atomic E-state index is 6.16. The third-order valence-corrected chi connectivity index (χ3v) is 2.83. The molecule has 17 heavy (non-hydrogen) atoms. The van der Waals surface area contributed by atoms with E-state index in [1.807, 2.05) is 19.2 Å². The predicted octanol–water partition coefficient (Wildman–Crippen LogP) is 2.67. The highest BCUT2D eigenvalue weighted by molar-refractivity contribution is 6.33. The van der Waals surface area contributed by atoms with Gasteiger partial charge in [-0.3, -0.25) is 0 Å². The zero-order valence-corrected chi connectivity index (χ0v) is 10.7. The molecule has 0 saturated carbocycles. The number of hydrogen-bond donors (Lipinski definition) is 1. The first-order valence-electron chi connectivity index (χ1n) is 5.57. The number of nitrogens with two attached hydrogens (primary N) is 1. The summed E-state index contributed by atoms with van der Waals surface area (Å²) in [5, 5.41) is 4.96. The van der Waals surface area contributed by atoms with Crippen LogP contribution in [0.25, 0.3) is 11.4 Å². The Kier molecular flexibility index (Phi) is 3.33. The van der Waals surface area contributed by atoms with E-state index in [9.17, 15) is 0 Å². The molecule has 5 heteroatoms. The number of hydrogen-bond acceptors (Lipinski definition) is 3. The van der Waals surface area contributed by atoms with Crippen molar-refractivity contribution in [3.8, 4) is 11.4 Å². The van der Waals surface area contributed by atoms with E-state index in [0.29, 0.717) is 10.7 Å². The number of nitrogen functional groups attached to an aromatic ring is 1. The normalized spacial score (nSPS) is 10.8. The van der Waals surface area contributed by atoms with Crippen molar-refractivity contribution < 1.29 is 0 Å². The van der Waals surface area contributed by atoms with E-state index >= 15 is 0 Å². The highest BCUT2D eigenvalue weighted by atomic mass is 35.5. The van der Waals surface area contributed by atoms with Crippen molar-refractivity contribution in [2.75, 3.05) is 5.73 Å². The van der Waals surface area contributed by atoms with Crippen LogP contribution in [-0.2, 0) is 13.5 Å². The molecule has 0 atom stereocenters. The zero-order valence-electron chi connectivity index (χ0n) is 9.94. The maximum Gasteiger partial charge on any atom is 0.159 e. The molecule has 0 radical (unpaired) electrons. The van der Waals surface area contributed by atoms with Crippen LogP contribution in [0.1, 0.15) is 19.2 Å².